The van der Waals surface area contributed by atoms with Gasteiger partial charge in [-0.15, -0.1) is 0 Å². The Labute approximate surface area is 345 Å². The first-order valence-corrected chi connectivity index (χ1v) is 24.5. The van der Waals surface area contributed by atoms with Crippen molar-refractivity contribution in [3.8, 4) is 0 Å². The van der Waals surface area contributed by atoms with Gasteiger partial charge >= 0.3 is 11.9 Å². The third-order valence-corrected chi connectivity index (χ3v) is 10.9. The number of unbranched alkanes of at least 4 members (excludes halogenated alkanes) is 24. The molecule has 0 fully saturated rings. The minimum Gasteiger partial charge on any atom is -0.756 e. The highest BCUT2D eigenvalue weighted by molar-refractivity contribution is 7.45. The van der Waals surface area contributed by atoms with Gasteiger partial charge in [0.25, 0.3) is 7.82 Å². The summed E-state index contributed by atoms with van der Waals surface area (Å²) in [6, 6.07) is 0. The van der Waals surface area contributed by atoms with Gasteiger partial charge in [0.1, 0.15) is 19.8 Å². The van der Waals surface area contributed by atoms with Gasteiger partial charge in [-0.05, 0) is 44.9 Å². The van der Waals surface area contributed by atoms with Crippen molar-refractivity contribution in [2.75, 3.05) is 47.5 Å². The smallest absolute Gasteiger partial charge is 0.306 e. The van der Waals surface area contributed by atoms with Gasteiger partial charge in [0, 0.05) is 12.8 Å². The molecule has 0 spiro atoms. The van der Waals surface area contributed by atoms with E-state index in [1.807, 2.05) is 21.1 Å². The summed E-state index contributed by atoms with van der Waals surface area (Å²) in [5, 5.41) is 0. The fourth-order valence-electron chi connectivity index (χ4n) is 6.33. The van der Waals surface area contributed by atoms with Crippen LogP contribution in [0.4, 0.5) is 0 Å². The molecular formula is C46H88NO8P. The molecule has 0 N–H and O–H groups in total. The fraction of sp³-hybridized carbons (Fsp3) is 0.870. The van der Waals surface area contributed by atoms with Crippen molar-refractivity contribution < 1.29 is 42.1 Å². The third-order valence-electron chi connectivity index (χ3n) is 9.97. The maximum absolute atomic E-state index is 12.6. The second kappa shape index (κ2) is 39.0. The summed E-state index contributed by atoms with van der Waals surface area (Å²) < 4.78 is 33.7. The zero-order valence-corrected chi connectivity index (χ0v) is 38.0. The SMILES string of the molecule is CCCCCCC/C=C\C/C=C\CCCCCCCCCCCCCCCCCC(=O)OC(COC(=O)CCCCCCC)COP(=O)([O-])OCC[N+](C)(C)C. The van der Waals surface area contributed by atoms with Crippen LogP contribution in [0.1, 0.15) is 206 Å². The van der Waals surface area contributed by atoms with E-state index in [1.54, 1.807) is 0 Å². The lowest BCUT2D eigenvalue weighted by molar-refractivity contribution is -0.870. The topological polar surface area (TPSA) is 111 Å². The number of carbonyl (C=O) groups is 2. The van der Waals surface area contributed by atoms with Gasteiger partial charge in [-0.2, -0.15) is 0 Å². The molecule has 0 saturated carbocycles. The molecular weight excluding hydrogens is 725 g/mol. The van der Waals surface area contributed by atoms with Crippen LogP contribution in [-0.4, -0.2) is 70.0 Å². The number of phosphoric ester groups is 1. The predicted molar refractivity (Wildman–Crippen MR) is 231 cm³/mol. The normalized spacial score (nSPS) is 13.8. The molecule has 9 nitrogen and oxygen atoms in total. The molecule has 0 aromatic carbocycles. The van der Waals surface area contributed by atoms with Crippen molar-refractivity contribution in [2.24, 2.45) is 0 Å². The lowest BCUT2D eigenvalue weighted by atomic mass is 10.0. The van der Waals surface area contributed by atoms with Crippen LogP contribution in [0.25, 0.3) is 0 Å². The molecule has 0 saturated heterocycles. The molecule has 0 bridgehead atoms. The number of quaternary nitrogens is 1. The first kappa shape index (κ1) is 54.5. The third kappa shape index (κ3) is 42.1. The van der Waals surface area contributed by atoms with Gasteiger partial charge in [0.15, 0.2) is 6.10 Å². The van der Waals surface area contributed by atoms with E-state index in [0.717, 1.165) is 57.8 Å². The van der Waals surface area contributed by atoms with Gasteiger partial charge in [-0.1, -0.05) is 173 Å². The van der Waals surface area contributed by atoms with Crippen molar-refractivity contribution in [2.45, 2.75) is 213 Å². The summed E-state index contributed by atoms with van der Waals surface area (Å²) in [4.78, 5) is 37.2. The minimum absolute atomic E-state index is 0.0290. The molecule has 330 valence electrons. The summed E-state index contributed by atoms with van der Waals surface area (Å²) in [7, 11) is 1.17. The second-order valence-electron chi connectivity index (χ2n) is 16.8. The van der Waals surface area contributed by atoms with E-state index in [4.69, 9.17) is 18.5 Å². The van der Waals surface area contributed by atoms with Crippen LogP contribution in [0.3, 0.4) is 0 Å². The molecule has 0 aliphatic rings. The highest BCUT2D eigenvalue weighted by atomic mass is 31.2. The quantitative estimate of drug-likeness (QED) is 0.0197. The number of allylic oxidation sites excluding steroid dienone is 4. The monoisotopic (exact) mass is 814 g/mol. The first-order chi connectivity index (χ1) is 27.0. The number of rotatable bonds is 42. The van der Waals surface area contributed by atoms with Gasteiger partial charge in [0.2, 0.25) is 0 Å². The number of ether oxygens (including phenoxy) is 2. The Morgan fingerprint density at radius 1 is 0.554 bits per heavy atom. The first-order valence-electron chi connectivity index (χ1n) is 23.0. The maximum atomic E-state index is 12.6. The van der Waals surface area contributed by atoms with E-state index in [1.165, 1.54) is 116 Å². The number of likely N-dealkylation sites (N-methyl/N-ethyl adjacent to an activating group) is 1. The van der Waals surface area contributed by atoms with Crippen LogP contribution in [0.5, 0.6) is 0 Å². The maximum Gasteiger partial charge on any atom is 0.306 e. The summed E-state index contributed by atoms with van der Waals surface area (Å²) in [5.74, 6) is -0.843. The molecule has 0 heterocycles. The zero-order valence-electron chi connectivity index (χ0n) is 37.1. The number of esters is 2. The summed E-state index contributed by atoms with van der Waals surface area (Å²) >= 11 is 0. The molecule has 0 aromatic rings. The van der Waals surface area contributed by atoms with Crippen LogP contribution >= 0.6 is 7.82 Å². The van der Waals surface area contributed by atoms with Crippen LogP contribution in [0.2, 0.25) is 0 Å². The van der Waals surface area contributed by atoms with Crippen LogP contribution in [0.15, 0.2) is 24.3 Å². The number of hydrogen-bond acceptors (Lipinski definition) is 8. The highest BCUT2D eigenvalue weighted by Crippen LogP contribution is 2.38. The molecule has 0 amide bonds. The van der Waals surface area contributed by atoms with Gasteiger partial charge < -0.3 is 27.9 Å². The highest BCUT2D eigenvalue weighted by Gasteiger charge is 2.21. The van der Waals surface area contributed by atoms with E-state index in [2.05, 4.69) is 38.2 Å². The van der Waals surface area contributed by atoms with E-state index < -0.39 is 32.5 Å². The van der Waals surface area contributed by atoms with E-state index in [-0.39, 0.29) is 26.1 Å². The molecule has 0 aliphatic carbocycles. The van der Waals surface area contributed by atoms with Gasteiger partial charge in [-0.3, -0.25) is 14.2 Å². The van der Waals surface area contributed by atoms with E-state index in [0.29, 0.717) is 17.4 Å². The fourth-order valence-corrected chi connectivity index (χ4v) is 7.06. The van der Waals surface area contributed by atoms with Crippen molar-refractivity contribution in [1.82, 2.24) is 0 Å². The number of phosphoric acid groups is 1. The summed E-state index contributed by atoms with van der Waals surface area (Å²) in [6.07, 6.45) is 42.7. The van der Waals surface area contributed by atoms with Crippen LogP contribution in [0, 0.1) is 0 Å². The summed E-state index contributed by atoms with van der Waals surface area (Å²) in [5.41, 5.74) is 0. The lowest BCUT2D eigenvalue weighted by Gasteiger charge is -2.28. The average Bonchev–Trinajstić information content (AvgIpc) is 3.15. The lowest BCUT2D eigenvalue weighted by Crippen LogP contribution is -2.37. The van der Waals surface area contributed by atoms with Crippen molar-refractivity contribution in [3.05, 3.63) is 24.3 Å². The minimum atomic E-state index is -4.61. The molecule has 2 atom stereocenters. The molecule has 0 aromatic heterocycles. The van der Waals surface area contributed by atoms with Gasteiger partial charge in [0.05, 0.1) is 27.7 Å². The van der Waals surface area contributed by atoms with Crippen LogP contribution < -0.4 is 4.89 Å². The van der Waals surface area contributed by atoms with Crippen LogP contribution in [-0.2, 0) is 32.7 Å². The van der Waals surface area contributed by atoms with E-state index in [9.17, 15) is 19.0 Å². The standard InChI is InChI=1S/C46H88NO8P/c1-6-8-10-12-13-14-15-16-17-18-19-20-21-22-23-24-25-26-27-28-29-30-31-32-33-35-37-39-46(49)55-44(42-52-45(48)38-36-34-11-9-7-2)43-54-56(50,51)53-41-40-47(3,4)5/h15-16,18-19,44H,6-14,17,20-43H2,1-5H3/b16-15-,19-18-. The number of hydrogen-bond donors (Lipinski definition) is 0. The van der Waals surface area contributed by atoms with Crippen molar-refractivity contribution in [1.29, 1.82) is 0 Å². The molecule has 0 aliphatic heterocycles. The Morgan fingerprint density at radius 3 is 1.41 bits per heavy atom. The second-order valence-corrected chi connectivity index (χ2v) is 18.2. The van der Waals surface area contributed by atoms with E-state index >= 15 is 0 Å². The molecule has 0 radical (unpaired) electrons. The zero-order chi connectivity index (χ0) is 41.4. The Bertz CT molecular complexity index is 1010. The predicted octanol–water partition coefficient (Wildman–Crippen LogP) is 12.5. The molecule has 2 unspecified atom stereocenters. The average molecular weight is 814 g/mol. The Kier molecular flexibility index (Phi) is 37.9. The Hall–Kier alpha value is -1.51. The molecule has 10 heteroatoms. The Morgan fingerprint density at radius 2 is 0.964 bits per heavy atom. The van der Waals surface area contributed by atoms with Gasteiger partial charge in [-0.25, -0.2) is 0 Å². The largest absolute Gasteiger partial charge is 0.756 e. The molecule has 56 heavy (non-hydrogen) atoms. The number of carbonyl (C=O) groups excluding carboxylic acids is 2. The van der Waals surface area contributed by atoms with Crippen molar-refractivity contribution in [3.63, 3.8) is 0 Å². The molecule has 0 rings (SSSR count). The summed E-state index contributed by atoms with van der Waals surface area (Å²) in [6.45, 7) is 4.13. The number of nitrogens with zero attached hydrogens (tertiary/aromatic N) is 1. The Balaban J connectivity index is 3.98. The van der Waals surface area contributed by atoms with Crippen molar-refractivity contribution >= 4 is 19.8 Å².